The van der Waals surface area contributed by atoms with E-state index in [1.165, 1.54) is 12.1 Å². The molecule has 3 aromatic rings. The van der Waals surface area contributed by atoms with Crippen LogP contribution in [0.25, 0.3) is 0 Å². The predicted molar refractivity (Wildman–Crippen MR) is 172 cm³/mol. The first-order chi connectivity index (χ1) is 19.9. The van der Waals surface area contributed by atoms with Gasteiger partial charge < -0.3 is 10.2 Å². The fourth-order valence-electron chi connectivity index (χ4n) is 4.49. The summed E-state index contributed by atoms with van der Waals surface area (Å²) in [5.41, 5.74) is 1.92. The topological polar surface area (TPSA) is 86.8 Å². The largest absolute Gasteiger partial charge is 0.352 e. The molecule has 42 heavy (non-hydrogen) atoms. The molecule has 0 aromatic heterocycles. The second kappa shape index (κ2) is 15.6. The van der Waals surface area contributed by atoms with Gasteiger partial charge in [-0.3, -0.25) is 13.9 Å². The van der Waals surface area contributed by atoms with Crippen molar-refractivity contribution in [3.63, 3.8) is 0 Å². The minimum atomic E-state index is -3.73. The van der Waals surface area contributed by atoms with Crippen molar-refractivity contribution in [1.29, 1.82) is 0 Å². The molecule has 0 bridgehead atoms. The van der Waals surface area contributed by atoms with E-state index in [2.05, 4.69) is 5.32 Å². The van der Waals surface area contributed by atoms with Gasteiger partial charge in [0, 0.05) is 42.0 Å². The van der Waals surface area contributed by atoms with Gasteiger partial charge >= 0.3 is 0 Å². The number of carbonyl (C=O) groups excluding carboxylic acids is 2. The Morgan fingerprint density at radius 1 is 0.905 bits per heavy atom. The van der Waals surface area contributed by atoms with Crippen LogP contribution in [0.5, 0.6) is 0 Å². The van der Waals surface area contributed by atoms with Crippen LogP contribution in [0.3, 0.4) is 0 Å². The van der Waals surface area contributed by atoms with Crippen molar-refractivity contribution in [2.24, 2.45) is 0 Å². The molecule has 0 aliphatic carbocycles. The molecule has 0 radical (unpaired) electrons. The lowest BCUT2D eigenvalue weighted by Gasteiger charge is -2.33. The van der Waals surface area contributed by atoms with Gasteiger partial charge in [-0.2, -0.15) is 0 Å². The lowest BCUT2D eigenvalue weighted by atomic mass is 10.0. The summed E-state index contributed by atoms with van der Waals surface area (Å²) in [4.78, 5) is 29.1. The fraction of sp³-hybridized carbons (Fsp3) is 0.355. The van der Waals surface area contributed by atoms with Crippen LogP contribution in [0, 0.1) is 0 Å². The maximum absolute atomic E-state index is 13.9. The Kier molecular flexibility index (Phi) is 12.5. The molecule has 7 nitrogen and oxygen atoms in total. The normalized spacial score (nSPS) is 12.8. The number of carbonyl (C=O) groups is 2. The Balaban J connectivity index is 1.91. The van der Waals surface area contributed by atoms with Gasteiger partial charge in [0.2, 0.25) is 21.8 Å². The molecule has 0 heterocycles. The summed E-state index contributed by atoms with van der Waals surface area (Å²) in [6.45, 7) is 4.05. The number of nitrogens with zero attached hydrogens (tertiary/aromatic N) is 2. The van der Waals surface area contributed by atoms with Gasteiger partial charge in [0.05, 0.1) is 17.0 Å². The molecule has 1 N–H and O–H groups in total. The van der Waals surface area contributed by atoms with E-state index in [1.54, 1.807) is 29.2 Å². The summed E-state index contributed by atoms with van der Waals surface area (Å²) < 4.78 is 26.5. The standard InChI is InChI=1S/C31H36Cl3N3O4S/c1-4-22(2)35-31(39)29(19-23-10-6-5-7-11-23)36(21-24-12-8-13-25(32)18-24)30(38)14-9-17-37(42(3,40)41)28-20-26(33)15-16-27(28)34/h5-8,10-13,15-16,18,20,22,29H,4,9,14,17,19,21H2,1-3H3,(H,35,39)/t22-,29-/m1/s1. The van der Waals surface area contributed by atoms with Crippen LogP contribution in [0.15, 0.2) is 72.8 Å². The molecule has 2 atom stereocenters. The number of sulfonamides is 1. The first kappa shape index (κ1) is 33.7. The molecule has 0 aliphatic rings. The van der Waals surface area contributed by atoms with Gasteiger partial charge in [-0.1, -0.05) is 84.2 Å². The van der Waals surface area contributed by atoms with Gasteiger partial charge in [0.15, 0.2) is 0 Å². The molecule has 0 fully saturated rings. The van der Waals surface area contributed by atoms with Gasteiger partial charge in [-0.15, -0.1) is 0 Å². The second-order valence-corrected chi connectivity index (χ2v) is 13.4. The third-order valence-electron chi connectivity index (χ3n) is 6.84. The number of anilines is 1. The summed E-state index contributed by atoms with van der Waals surface area (Å²) in [6.07, 6.45) is 2.30. The van der Waals surface area contributed by atoms with Gasteiger partial charge in [-0.25, -0.2) is 8.42 Å². The van der Waals surface area contributed by atoms with E-state index in [0.717, 1.165) is 28.1 Å². The van der Waals surface area contributed by atoms with Crippen LogP contribution < -0.4 is 9.62 Å². The summed E-state index contributed by atoms with van der Waals surface area (Å²) in [7, 11) is -3.73. The van der Waals surface area contributed by atoms with E-state index in [4.69, 9.17) is 34.8 Å². The van der Waals surface area contributed by atoms with Crippen molar-refractivity contribution in [2.45, 2.75) is 58.2 Å². The Morgan fingerprint density at radius 3 is 2.21 bits per heavy atom. The van der Waals surface area contributed by atoms with Crippen molar-refractivity contribution >= 4 is 62.3 Å². The molecular formula is C31H36Cl3N3O4S. The average molecular weight is 653 g/mol. The van der Waals surface area contributed by atoms with Gasteiger partial charge in [0.1, 0.15) is 6.04 Å². The summed E-state index contributed by atoms with van der Waals surface area (Å²) in [5.74, 6) is -0.548. The zero-order valence-corrected chi connectivity index (χ0v) is 27.0. The number of rotatable bonds is 14. The smallest absolute Gasteiger partial charge is 0.243 e. The van der Waals surface area contributed by atoms with E-state index in [1.807, 2.05) is 50.2 Å². The zero-order valence-electron chi connectivity index (χ0n) is 23.9. The minimum Gasteiger partial charge on any atom is -0.352 e. The highest BCUT2D eigenvalue weighted by Gasteiger charge is 2.31. The third kappa shape index (κ3) is 9.90. The Labute approximate surface area is 263 Å². The van der Waals surface area contributed by atoms with E-state index in [-0.39, 0.29) is 54.5 Å². The van der Waals surface area contributed by atoms with Crippen LogP contribution in [-0.2, 0) is 32.6 Å². The average Bonchev–Trinajstić information content (AvgIpc) is 2.94. The van der Waals surface area contributed by atoms with E-state index in [0.29, 0.717) is 16.5 Å². The van der Waals surface area contributed by atoms with E-state index in [9.17, 15) is 18.0 Å². The highest BCUT2D eigenvalue weighted by atomic mass is 35.5. The molecule has 3 aromatic carbocycles. The van der Waals surface area contributed by atoms with Crippen molar-refractivity contribution < 1.29 is 18.0 Å². The lowest BCUT2D eigenvalue weighted by Crippen LogP contribution is -2.52. The van der Waals surface area contributed by atoms with Crippen LogP contribution >= 0.6 is 34.8 Å². The molecule has 226 valence electrons. The number of nitrogens with one attached hydrogen (secondary N) is 1. The third-order valence-corrected chi connectivity index (χ3v) is 8.81. The molecular weight excluding hydrogens is 617 g/mol. The fourth-order valence-corrected chi connectivity index (χ4v) is 6.10. The highest BCUT2D eigenvalue weighted by molar-refractivity contribution is 7.92. The van der Waals surface area contributed by atoms with Crippen LogP contribution in [0.1, 0.15) is 44.2 Å². The molecule has 0 saturated heterocycles. The molecule has 2 amide bonds. The Hall–Kier alpha value is -2.78. The number of benzene rings is 3. The van der Waals surface area contributed by atoms with E-state index >= 15 is 0 Å². The van der Waals surface area contributed by atoms with Crippen molar-refractivity contribution in [3.8, 4) is 0 Å². The number of hydrogen-bond acceptors (Lipinski definition) is 4. The van der Waals surface area contributed by atoms with Crippen molar-refractivity contribution in [1.82, 2.24) is 10.2 Å². The predicted octanol–water partition coefficient (Wildman–Crippen LogP) is 6.75. The molecule has 0 saturated carbocycles. The maximum atomic E-state index is 13.9. The first-order valence-corrected chi connectivity index (χ1v) is 16.7. The van der Waals surface area contributed by atoms with Crippen LogP contribution in [0.4, 0.5) is 5.69 Å². The SMILES string of the molecule is CC[C@@H](C)NC(=O)[C@@H](Cc1ccccc1)N(Cc1cccc(Cl)c1)C(=O)CCCN(c1cc(Cl)ccc1Cl)S(C)(=O)=O. The zero-order chi connectivity index (χ0) is 30.9. The first-order valence-electron chi connectivity index (χ1n) is 13.7. The minimum absolute atomic E-state index is 0.00193. The number of amides is 2. The van der Waals surface area contributed by atoms with Crippen molar-refractivity contribution in [2.75, 3.05) is 17.1 Å². The van der Waals surface area contributed by atoms with Gasteiger partial charge in [0.25, 0.3) is 0 Å². The summed E-state index contributed by atoms with van der Waals surface area (Å²) in [6, 6.07) is 20.4. The number of hydrogen-bond donors (Lipinski definition) is 1. The molecule has 0 aliphatic heterocycles. The summed E-state index contributed by atoms with van der Waals surface area (Å²) in [5, 5.41) is 4.12. The second-order valence-electron chi connectivity index (χ2n) is 10.2. The molecule has 0 unspecified atom stereocenters. The van der Waals surface area contributed by atoms with Gasteiger partial charge in [-0.05, 0) is 61.2 Å². The molecule has 0 spiro atoms. The molecule has 3 rings (SSSR count). The van der Waals surface area contributed by atoms with E-state index < -0.39 is 16.1 Å². The molecule has 11 heteroatoms. The quantitative estimate of drug-likeness (QED) is 0.209. The number of halogens is 3. The monoisotopic (exact) mass is 651 g/mol. The highest BCUT2D eigenvalue weighted by Crippen LogP contribution is 2.31. The Bertz CT molecular complexity index is 1470. The van der Waals surface area contributed by atoms with Crippen molar-refractivity contribution in [3.05, 3.63) is 99.0 Å². The Morgan fingerprint density at radius 2 is 1.57 bits per heavy atom. The van der Waals surface area contributed by atoms with Crippen LogP contribution in [-0.4, -0.2) is 50.0 Å². The summed E-state index contributed by atoms with van der Waals surface area (Å²) >= 11 is 18.7. The maximum Gasteiger partial charge on any atom is 0.243 e. The van der Waals surface area contributed by atoms with Crippen LogP contribution in [0.2, 0.25) is 15.1 Å². The lowest BCUT2D eigenvalue weighted by molar-refractivity contribution is -0.141.